The average molecular weight is 385 g/mol. The molecule has 2 fully saturated rings. The lowest BCUT2D eigenvalue weighted by Crippen LogP contribution is -2.56. The summed E-state index contributed by atoms with van der Waals surface area (Å²) in [6.45, 7) is 5.28. The Hall–Kier alpha value is -2.35. The van der Waals surface area contributed by atoms with Gasteiger partial charge in [-0.2, -0.15) is 0 Å². The predicted octanol–water partition coefficient (Wildman–Crippen LogP) is 1.70. The summed E-state index contributed by atoms with van der Waals surface area (Å²) in [6.07, 6.45) is 0. The second kappa shape index (κ2) is 8.34. The van der Waals surface area contributed by atoms with Crippen LogP contribution in [-0.4, -0.2) is 81.3 Å². The molecule has 2 aliphatic heterocycles. The van der Waals surface area contributed by atoms with Gasteiger partial charge in [0.25, 0.3) is 5.91 Å². The molecule has 7 heteroatoms. The van der Waals surface area contributed by atoms with E-state index >= 15 is 0 Å². The molecule has 0 aliphatic carbocycles. The molecule has 0 unspecified atom stereocenters. The van der Waals surface area contributed by atoms with Crippen LogP contribution in [0.15, 0.2) is 40.8 Å². The maximum atomic E-state index is 12.7. The number of likely N-dealkylation sites (N-methyl/N-ethyl adjacent to an activating group) is 1. The van der Waals surface area contributed by atoms with Crippen LogP contribution in [0.1, 0.15) is 10.6 Å². The Balaban J connectivity index is 1.40. The summed E-state index contributed by atoms with van der Waals surface area (Å²) in [4.78, 5) is 17.5. The van der Waals surface area contributed by atoms with Gasteiger partial charge in [-0.1, -0.05) is 0 Å². The number of carbonyl (C=O) groups excluding carboxylic acids is 1. The predicted molar refractivity (Wildman–Crippen MR) is 106 cm³/mol. The van der Waals surface area contributed by atoms with Gasteiger partial charge < -0.3 is 24.1 Å². The van der Waals surface area contributed by atoms with Gasteiger partial charge in [0.05, 0.1) is 32.4 Å². The zero-order valence-electron chi connectivity index (χ0n) is 16.4. The molecule has 28 heavy (non-hydrogen) atoms. The van der Waals surface area contributed by atoms with Crippen molar-refractivity contribution in [1.82, 2.24) is 15.1 Å². The minimum absolute atomic E-state index is 0.0227. The smallest absolute Gasteiger partial charge is 0.287 e. The second-order valence-electron chi connectivity index (χ2n) is 7.42. The number of nitrogens with one attached hydrogen (secondary N) is 1. The van der Waals surface area contributed by atoms with E-state index in [1.165, 1.54) is 0 Å². The van der Waals surface area contributed by atoms with E-state index in [0.29, 0.717) is 24.7 Å². The van der Waals surface area contributed by atoms with Gasteiger partial charge in [-0.15, -0.1) is 0 Å². The molecule has 1 amide bonds. The molecule has 2 aliphatic rings. The third kappa shape index (κ3) is 4.06. The van der Waals surface area contributed by atoms with Gasteiger partial charge in [0.1, 0.15) is 11.5 Å². The lowest BCUT2D eigenvalue weighted by molar-refractivity contribution is 0.0812. The van der Waals surface area contributed by atoms with Gasteiger partial charge in [0.15, 0.2) is 5.76 Å². The van der Waals surface area contributed by atoms with Crippen LogP contribution in [0.5, 0.6) is 5.75 Å². The highest BCUT2D eigenvalue weighted by molar-refractivity contribution is 5.92. The lowest BCUT2D eigenvalue weighted by atomic mass is 10.1. The normalized spacial score (nSPS) is 23.6. The molecular formula is C21H27N3O4. The minimum atomic E-state index is -0.200. The van der Waals surface area contributed by atoms with Crippen LogP contribution < -0.4 is 10.1 Å². The number of piperazine rings is 1. The van der Waals surface area contributed by atoms with Crippen molar-refractivity contribution in [2.24, 2.45) is 0 Å². The molecule has 1 N–H and O–H groups in total. The van der Waals surface area contributed by atoms with E-state index in [4.69, 9.17) is 13.9 Å². The van der Waals surface area contributed by atoms with Crippen molar-refractivity contribution in [3.05, 3.63) is 42.2 Å². The summed E-state index contributed by atoms with van der Waals surface area (Å²) in [7, 11) is 3.77. The summed E-state index contributed by atoms with van der Waals surface area (Å²) >= 11 is 0. The van der Waals surface area contributed by atoms with Crippen LogP contribution in [0.4, 0.5) is 0 Å². The SMILES string of the molecule is COc1ccc(-c2ccc(C(=O)N[C@H]3COC[C@@H]3N3CCN(C)CC3)o2)cc1. The van der Waals surface area contributed by atoms with E-state index < -0.39 is 0 Å². The Morgan fingerprint density at radius 1 is 1.07 bits per heavy atom. The third-order valence-corrected chi connectivity index (χ3v) is 5.58. The Labute approximate surface area is 165 Å². The van der Waals surface area contributed by atoms with Crippen LogP contribution >= 0.6 is 0 Å². The fourth-order valence-corrected chi connectivity index (χ4v) is 3.80. The van der Waals surface area contributed by atoms with Crippen molar-refractivity contribution >= 4 is 5.91 Å². The molecule has 2 aromatic rings. The van der Waals surface area contributed by atoms with Gasteiger partial charge in [-0.3, -0.25) is 9.69 Å². The maximum absolute atomic E-state index is 12.7. The summed E-state index contributed by atoms with van der Waals surface area (Å²) in [6, 6.07) is 11.3. The number of furan rings is 1. The zero-order chi connectivity index (χ0) is 19.5. The topological polar surface area (TPSA) is 67.2 Å². The second-order valence-corrected chi connectivity index (χ2v) is 7.42. The first-order valence-corrected chi connectivity index (χ1v) is 9.69. The van der Waals surface area contributed by atoms with E-state index in [2.05, 4.69) is 22.2 Å². The molecule has 2 atom stereocenters. The number of carbonyl (C=O) groups is 1. The number of amides is 1. The summed E-state index contributed by atoms with van der Waals surface area (Å²) in [5.74, 6) is 1.56. The molecule has 0 spiro atoms. The van der Waals surface area contributed by atoms with Gasteiger partial charge in [-0.05, 0) is 43.4 Å². The first-order valence-electron chi connectivity index (χ1n) is 9.69. The molecular weight excluding hydrogens is 358 g/mol. The van der Waals surface area contributed by atoms with Gasteiger partial charge >= 0.3 is 0 Å². The van der Waals surface area contributed by atoms with Crippen LogP contribution in [0.25, 0.3) is 11.3 Å². The van der Waals surface area contributed by atoms with Crippen molar-refractivity contribution in [2.45, 2.75) is 12.1 Å². The molecule has 3 heterocycles. The first kappa shape index (κ1) is 19.0. The minimum Gasteiger partial charge on any atom is -0.497 e. The monoisotopic (exact) mass is 385 g/mol. The van der Waals surface area contributed by atoms with Crippen molar-refractivity contribution in [1.29, 1.82) is 0 Å². The van der Waals surface area contributed by atoms with Gasteiger partial charge in [0.2, 0.25) is 0 Å². The van der Waals surface area contributed by atoms with E-state index in [0.717, 1.165) is 37.5 Å². The van der Waals surface area contributed by atoms with Crippen molar-refractivity contribution < 1.29 is 18.7 Å². The van der Waals surface area contributed by atoms with Gasteiger partial charge in [0, 0.05) is 31.7 Å². The molecule has 2 saturated heterocycles. The Bertz CT molecular complexity index is 796. The Morgan fingerprint density at radius 2 is 1.82 bits per heavy atom. The highest BCUT2D eigenvalue weighted by atomic mass is 16.5. The highest BCUT2D eigenvalue weighted by Gasteiger charge is 2.35. The standard InChI is InChI=1S/C21H27N3O4/c1-23-9-11-24(12-10-23)18-14-27-13-17(18)22-21(25)20-8-7-19(28-20)15-3-5-16(26-2)6-4-15/h3-8,17-18H,9-14H2,1-2H3,(H,22,25)/t17-,18-/m0/s1. The average Bonchev–Trinajstić information content (AvgIpc) is 3.39. The summed E-state index contributed by atoms with van der Waals surface area (Å²) in [5, 5.41) is 3.10. The molecule has 0 saturated carbocycles. The Morgan fingerprint density at radius 3 is 2.54 bits per heavy atom. The van der Waals surface area contributed by atoms with Crippen LogP contribution in [0.3, 0.4) is 0 Å². The number of rotatable bonds is 5. The summed E-state index contributed by atoms with van der Waals surface area (Å²) < 4.78 is 16.6. The highest BCUT2D eigenvalue weighted by Crippen LogP contribution is 2.25. The number of benzene rings is 1. The van der Waals surface area contributed by atoms with Crippen LogP contribution in [0.2, 0.25) is 0 Å². The molecule has 0 radical (unpaired) electrons. The largest absolute Gasteiger partial charge is 0.497 e. The van der Waals surface area contributed by atoms with Gasteiger partial charge in [-0.25, -0.2) is 0 Å². The number of methoxy groups -OCH3 is 1. The van der Waals surface area contributed by atoms with E-state index in [1.54, 1.807) is 13.2 Å². The number of hydrogen-bond donors (Lipinski definition) is 1. The maximum Gasteiger partial charge on any atom is 0.287 e. The molecule has 150 valence electrons. The van der Waals surface area contributed by atoms with Crippen molar-refractivity contribution in [3.63, 3.8) is 0 Å². The van der Waals surface area contributed by atoms with Crippen molar-refractivity contribution in [3.8, 4) is 17.1 Å². The number of ether oxygens (including phenoxy) is 2. The van der Waals surface area contributed by atoms with Crippen LogP contribution in [-0.2, 0) is 4.74 Å². The van der Waals surface area contributed by atoms with E-state index in [9.17, 15) is 4.79 Å². The quantitative estimate of drug-likeness (QED) is 0.845. The third-order valence-electron chi connectivity index (χ3n) is 5.58. The lowest BCUT2D eigenvalue weighted by Gasteiger charge is -2.37. The van der Waals surface area contributed by atoms with Crippen molar-refractivity contribution in [2.75, 3.05) is 53.6 Å². The van der Waals surface area contributed by atoms with Crippen LogP contribution in [0, 0.1) is 0 Å². The summed E-state index contributed by atoms with van der Waals surface area (Å²) in [5.41, 5.74) is 0.902. The van der Waals surface area contributed by atoms with E-state index in [1.807, 2.05) is 30.3 Å². The molecule has 1 aromatic heterocycles. The number of nitrogens with zero attached hydrogens (tertiary/aromatic N) is 2. The fourth-order valence-electron chi connectivity index (χ4n) is 3.80. The van der Waals surface area contributed by atoms with E-state index in [-0.39, 0.29) is 18.0 Å². The first-order chi connectivity index (χ1) is 13.6. The number of hydrogen-bond acceptors (Lipinski definition) is 6. The Kier molecular flexibility index (Phi) is 5.66. The molecule has 0 bridgehead atoms. The zero-order valence-corrected chi connectivity index (χ0v) is 16.4. The molecule has 7 nitrogen and oxygen atoms in total. The molecule has 4 rings (SSSR count). The molecule has 1 aromatic carbocycles. The fraction of sp³-hybridized carbons (Fsp3) is 0.476.